The Morgan fingerprint density at radius 1 is 0.886 bits per heavy atom. The van der Waals surface area contributed by atoms with Crippen molar-refractivity contribution in [1.29, 1.82) is 0 Å². The third-order valence-electron chi connectivity index (χ3n) is 7.04. The summed E-state index contributed by atoms with van der Waals surface area (Å²) in [6, 6.07) is 13.2. The molecule has 3 aliphatic heterocycles. The standard InChI is InChI=1S/C26H30Cl3N5O/c1-26(21-12-9-19(28)17-22(21)29)30-23(24(35)31-33-15-3-2-4-16-33)25(32-13-5-6-14-32)34(26)20-10-7-18(27)8-11-20/h7-12,17,30H,2-6,13-16H2,1H3,(H,31,35). The molecule has 3 aliphatic rings. The van der Waals surface area contributed by atoms with Gasteiger partial charge in [-0.3, -0.25) is 15.1 Å². The number of halogens is 3. The van der Waals surface area contributed by atoms with Gasteiger partial charge in [0.1, 0.15) is 17.2 Å². The first-order valence-electron chi connectivity index (χ1n) is 12.2. The molecule has 2 N–H and O–H groups in total. The molecule has 9 heteroatoms. The quantitative estimate of drug-likeness (QED) is 0.514. The van der Waals surface area contributed by atoms with Crippen molar-refractivity contribution >= 4 is 46.4 Å². The summed E-state index contributed by atoms with van der Waals surface area (Å²) in [5, 5.41) is 7.37. The van der Waals surface area contributed by atoms with Crippen LogP contribution >= 0.6 is 34.8 Å². The van der Waals surface area contributed by atoms with Crippen LogP contribution in [0.15, 0.2) is 54.0 Å². The second-order valence-electron chi connectivity index (χ2n) is 9.51. The van der Waals surface area contributed by atoms with E-state index in [1.54, 1.807) is 6.07 Å². The van der Waals surface area contributed by atoms with Gasteiger partial charge in [0.25, 0.3) is 5.91 Å². The van der Waals surface area contributed by atoms with E-state index in [2.05, 4.69) is 20.5 Å². The largest absolute Gasteiger partial charge is 0.356 e. The van der Waals surface area contributed by atoms with E-state index in [-0.39, 0.29) is 5.91 Å². The van der Waals surface area contributed by atoms with Crippen LogP contribution in [0.4, 0.5) is 5.69 Å². The average Bonchev–Trinajstić information content (AvgIpc) is 3.47. The van der Waals surface area contributed by atoms with Crippen LogP contribution in [0.3, 0.4) is 0 Å². The average molecular weight is 535 g/mol. The number of hydrazine groups is 1. The fourth-order valence-corrected chi connectivity index (χ4v) is 6.03. The second kappa shape index (κ2) is 10.1. The maximum Gasteiger partial charge on any atom is 0.285 e. The van der Waals surface area contributed by atoms with Gasteiger partial charge in [0.2, 0.25) is 0 Å². The van der Waals surface area contributed by atoms with Gasteiger partial charge in [-0.25, -0.2) is 5.01 Å². The second-order valence-corrected chi connectivity index (χ2v) is 10.8. The lowest BCUT2D eigenvalue weighted by Crippen LogP contribution is -2.51. The number of carbonyl (C=O) groups is 1. The summed E-state index contributed by atoms with van der Waals surface area (Å²) in [5.74, 6) is 0.717. The van der Waals surface area contributed by atoms with Crippen LogP contribution in [0.5, 0.6) is 0 Å². The van der Waals surface area contributed by atoms with Gasteiger partial charge >= 0.3 is 0 Å². The fourth-order valence-electron chi connectivity index (χ4n) is 5.31. The molecule has 6 nitrogen and oxygen atoms in total. The van der Waals surface area contributed by atoms with Crippen LogP contribution in [0.25, 0.3) is 0 Å². The smallest absolute Gasteiger partial charge is 0.285 e. The molecule has 0 bridgehead atoms. The molecule has 186 valence electrons. The first kappa shape index (κ1) is 24.6. The van der Waals surface area contributed by atoms with Crippen LogP contribution in [0, 0.1) is 0 Å². The highest BCUT2D eigenvalue weighted by Gasteiger charge is 2.48. The third kappa shape index (κ3) is 4.82. The lowest BCUT2D eigenvalue weighted by Gasteiger charge is -2.41. The van der Waals surface area contributed by atoms with E-state index in [9.17, 15) is 4.79 Å². The number of rotatable bonds is 5. The first-order chi connectivity index (χ1) is 16.9. The van der Waals surface area contributed by atoms with Gasteiger partial charge in [0.15, 0.2) is 0 Å². The van der Waals surface area contributed by atoms with Gasteiger partial charge in [-0.15, -0.1) is 0 Å². The van der Waals surface area contributed by atoms with Crippen LogP contribution in [0.1, 0.15) is 44.6 Å². The number of nitrogens with one attached hydrogen (secondary N) is 2. The van der Waals surface area contributed by atoms with Crippen molar-refractivity contribution in [2.24, 2.45) is 0 Å². The van der Waals surface area contributed by atoms with E-state index in [0.717, 1.165) is 68.9 Å². The van der Waals surface area contributed by atoms with Crippen LogP contribution in [-0.2, 0) is 10.5 Å². The zero-order chi connectivity index (χ0) is 24.6. The Morgan fingerprint density at radius 2 is 1.51 bits per heavy atom. The van der Waals surface area contributed by atoms with Crippen molar-refractivity contribution in [3.05, 3.63) is 74.6 Å². The van der Waals surface area contributed by atoms with E-state index < -0.39 is 5.66 Å². The maximum absolute atomic E-state index is 13.8. The van der Waals surface area contributed by atoms with E-state index in [1.807, 2.05) is 48.3 Å². The van der Waals surface area contributed by atoms with E-state index in [4.69, 9.17) is 34.8 Å². The molecular formula is C26H30Cl3N5O. The van der Waals surface area contributed by atoms with Crippen LogP contribution in [-0.4, -0.2) is 42.0 Å². The van der Waals surface area contributed by atoms with E-state index in [1.165, 1.54) is 6.42 Å². The molecule has 5 rings (SSSR count). The molecule has 0 aliphatic carbocycles. The third-order valence-corrected chi connectivity index (χ3v) is 7.84. The summed E-state index contributed by atoms with van der Waals surface area (Å²) >= 11 is 19.2. The zero-order valence-corrected chi connectivity index (χ0v) is 22.1. The zero-order valence-electron chi connectivity index (χ0n) is 19.8. The molecule has 0 radical (unpaired) electrons. The number of hydrogen-bond donors (Lipinski definition) is 2. The molecule has 0 aromatic heterocycles. The number of hydrogen-bond acceptors (Lipinski definition) is 5. The normalized spacial score (nSPS) is 23.1. The summed E-state index contributed by atoms with van der Waals surface area (Å²) in [6.45, 7) is 5.53. The summed E-state index contributed by atoms with van der Waals surface area (Å²) in [5.41, 5.74) is 4.61. The minimum Gasteiger partial charge on any atom is -0.356 e. The van der Waals surface area contributed by atoms with Crippen molar-refractivity contribution in [3.8, 4) is 0 Å². The molecule has 1 unspecified atom stereocenters. The summed E-state index contributed by atoms with van der Waals surface area (Å²) in [7, 11) is 0. The van der Waals surface area contributed by atoms with Gasteiger partial charge in [-0.05, 0) is 69.0 Å². The minimum absolute atomic E-state index is 0.137. The van der Waals surface area contributed by atoms with Crippen molar-refractivity contribution < 1.29 is 4.79 Å². The highest BCUT2D eigenvalue weighted by molar-refractivity contribution is 6.35. The predicted octanol–water partition coefficient (Wildman–Crippen LogP) is 5.71. The van der Waals surface area contributed by atoms with Gasteiger partial charge in [0, 0.05) is 52.5 Å². The topological polar surface area (TPSA) is 50.9 Å². The molecule has 2 fully saturated rings. The number of carbonyl (C=O) groups excluding carboxylic acids is 1. The highest BCUT2D eigenvalue weighted by atomic mass is 35.5. The molecule has 1 amide bonds. The molecule has 0 spiro atoms. The Hall–Kier alpha value is -2.12. The van der Waals surface area contributed by atoms with Gasteiger partial charge < -0.3 is 10.2 Å². The molecule has 35 heavy (non-hydrogen) atoms. The number of nitrogens with zero attached hydrogens (tertiary/aromatic N) is 3. The van der Waals surface area contributed by atoms with Crippen LogP contribution < -0.4 is 15.6 Å². The molecule has 0 saturated carbocycles. The number of piperidine rings is 1. The van der Waals surface area contributed by atoms with Gasteiger partial charge in [-0.2, -0.15) is 0 Å². The van der Waals surface area contributed by atoms with Crippen molar-refractivity contribution in [1.82, 2.24) is 20.7 Å². The Labute approximate surface area is 221 Å². The van der Waals surface area contributed by atoms with Crippen molar-refractivity contribution in [2.45, 2.75) is 44.7 Å². The SMILES string of the molecule is CC1(c2ccc(Cl)cc2Cl)NC(C(=O)NN2CCCCC2)=C(N2CCCC2)N1c1ccc(Cl)cc1. The summed E-state index contributed by atoms with van der Waals surface area (Å²) in [6.07, 6.45) is 5.53. The Kier molecular flexibility index (Phi) is 7.09. The minimum atomic E-state index is -0.831. The Balaban J connectivity index is 1.63. The predicted molar refractivity (Wildman–Crippen MR) is 142 cm³/mol. The number of anilines is 1. The summed E-state index contributed by atoms with van der Waals surface area (Å²) in [4.78, 5) is 18.2. The number of amides is 1. The lowest BCUT2D eigenvalue weighted by atomic mass is 9.99. The highest BCUT2D eigenvalue weighted by Crippen LogP contribution is 2.45. The Morgan fingerprint density at radius 3 is 2.17 bits per heavy atom. The summed E-state index contributed by atoms with van der Waals surface area (Å²) < 4.78 is 0. The first-order valence-corrected chi connectivity index (χ1v) is 13.3. The Bertz CT molecular complexity index is 1130. The number of likely N-dealkylation sites (tertiary alicyclic amines) is 1. The molecular weight excluding hydrogens is 505 g/mol. The molecule has 3 heterocycles. The maximum atomic E-state index is 13.8. The molecule has 1 atom stereocenters. The lowest BCUT2D eigenvalue weighted by molar-refractivity contribution is -0.123. The monoisotopic (exact) mass is 533 g/mol. The van der Waals surface area contributed by atoms with E-state index >= 15 is 0 Å². The van der Waals surface area contributed by atoms with Crippen LogP contribution in [0.2, 0.25) is 15.1 Å². The van der Waals surface area contributed by atoms with Crippen molar-refractivity contribution in [2.75, 3.05) is 31.1 Å². The molecule has 2 aromatic rings. The molecule has 2 saturated heterocycles. The van der Waals surface area contributed by atoms with Gasteiger partial charge in [0.05, 0.1) is 0 Å². The fraction of sp³-hybridized carbons (Fsp3) is 0.423. The molecule has 2 aromatic carbocycles. The van der Waals surface area contributed by atoms with Gasteiger partial charge in [-0.1, -0.05) is 47.3 Å². The van der Waals surface area contributed by atoms with E-state index in [0.29, 0.717) is 20.8 Å². The van der Waals surface area contributed by atoms with Crippen molar-refractivity contribution in [3.63, 3.8) is 0 Å². The number of benzene rings is 2.